The Balaban J connectivity index is 1.47. The van der Waals surface area contributed by atoms with Crippen LogP contribution in [0.15, 0.2) is 91.4 Å². The molecule has 1 amide bonds. The third-order valence-electron chi connectivity index (χ3n) is 5.00. The summed E-state index contributed by atoms with van der Waals surface area (Å²) in [7, 11) is 0. The van der Waals surface area contributed by atoms with Crippen LogP contribution >= 0.6 is 0 Å². The largest absolute Gasteiger partial charge is 0.479 e. The Morgan fingerprint density at radius 2 is 1.94 bits per heavy atom. The Bertz CT molecular complexity index is 1310. The number of nitrogens with zero attached hydrogens (tertiary/aromatic N) is 4. The van der Waals surface area contributed by atoms with E-state index in [4.69, 9.17) is 15.1 Å². The first-order valence-electron chi connectivity index (χ1n) is 10.8. The summed E-state index contributed by atoms with van der Waals surface area (Å²) in [6.45, 7) is 0.948. The fourth-order valence-corrected chi connectivity index (χ4v) is 3.41. The summed E-state index contributed by atoms with van der Waals surface area (Å²) in [5.74, 6) is 0.368. The smallest absolute Gasteiger partial charge is 0.244 e. The number of carbonyl (C=O) groups is 1. The quantitative estimate of drug-likeness (QED) is 0.386. The fraction of sp³-hybridized carbons (Fsp3) is 0.111. The van der Waals surface area contributed by atoms with Gasteiger partial charge < -0.3 is 10.1 Å². The average Bonchev–Trinajstić information content (AvgIpc) is 3.29. The average molecular weight is 450 g/mol. The highest BCUT2D eigenvalue weighted by atomic mass is 16.5. The lowest BCUT2D eigenvalue weighted by atomic mass is 10.1. The highest BCUT2D eigenvalue weighted by molar-refractivity contribution is 5.92. The second-order valence-electron chi connectivity index (χ2n) is 7.50. The van der Waals surface area contributed by atoms with Crippen LogP contribution in [0.1, 0.15) is 16.7 Å². The molecule has 0 atom stereocenters. The van der Waals surface area contributed by atoms with Gasteiger partial charge in [-0.2, -0.15) is 10.4 Å². The minimum atomic E-state index is -0.226. The molecular formula is C27H23N5O2. The van der Waals surface area contributed by atoms with Gasteiger partial charge in [-0.25, -0.2) is 0 Å². The number of nitrogens with one attached hydrogen (secondary N) is 1. The second kappa shape index (κ2) is 11.2. The van der Waals surface area contributed by atoms with Crippen molar-refractivity contribution in [2.24, 2.45) is 0 Å². The SMILES string of the molecule is N#CCOc1cccc(CNC(=O)/C=C/c2cn(Cc3ccccc3)nc2-c2cccnc2)c1. The number of nitriles is 1. The van der Waals surface area contributed by atoms with Crippen LogP contribution in [0.2, 0.25) is 0 Å². The number of rotatable bonds is 9. The van der Waals surface area contributed by atoms with Gasteiger partial charge in [0.2, 0.25) is 5.91 Å². The van der Waals surface area contributed by atoms with Crippen molar-refractivity contribution in [3.8, 4) is 23.1 Å². The standard InChI is InChI=1S/C27H23N5O2/c28-13-15-34-25-10-4-8-22(16-25)17-30-26(33)12-11-24-20-32(19-21-6-2-1-3-7-21)31-27(24)23-9-5-14-29-18-23/h1-12,14,16,18,20H,15,17,19H2,(H,30,33)/b12-11+. The van der Waals surface area contributed by atoms with Crippen molar-refractivity contribution in [1.29, 1.82) is 5.26 Å². The Labute approximate surface area is 198 Å². The lowest BCUT2D eigenvalue weighted by Gasteiger charge is -2.06. The van der Waals surface area contributed by atoms with Crippen LogP contribution in [-0.2, 0) is 17.9 Å². The zero-order valence-corrected chi connectivity index (χ0v) is 18.5. The van der Waals surface area contributed by atoms with Gasteiger partial charge in [0.25, 0.3) is 0 Å². The van der Waals surface area contributed by atoms with Crippen LogP contribution in [0.5, 0.6) is 5.75 Å². The first kappa shape index (κ1) is 22.5. The Hall–Kier alpha value is -4.70. The molecule has 1 N–H and O–H groups in total. The molecule has 0 unspecified atom stereocenters. The summed E-state index contributed by atoms with van der Waals surface area (Å²) >= 11 is 0. The first-order chi connectivity index (χ1) is 16.7. The summed E-state index contributed by atoms with van der Waals surface area (Å²) in [6, 6.07) is 23.1. The maximum atomic E-state index is 12.5. The zero-order chi connectivity index (χ0) is 23.6. The topological polar surface area (TPSA) is 92.8 Å². The molecule has 34 heavy (non-hydrogen) atoms. The number of ether oxygens (including phenoxy) is 1. The number of aromatic nitrogens is 3. The molecule has 2 aromatic carbocycles. The molecule has 7 heteroatoms. The number of benzene rings is 2. The van der Waals surface area contributed by atoms with Crippen LogP contribution in [0, 0.1) is 11.3 Å². The van der Waals surface area contributed by atoms with Gasteiger partial charge in [-0.1, -0.05) is 42.5 Å². The molecule has 0 fully saturated rings. The molecule has 4 rings (SSSR count). The molecule has 0 radical (unpaired) electrons. The molecule has 0 saturated heterocycles. The summed E-state index contributed by atoms with van der Waals surface area (Å²) in [4.78, 5) is 16.7. The van der Waals surface area contributed by atoms with Crippen LogP contribution in [-0.4, -0.2) is 27.3 Å². The zero-order valence-electron chi connectivity index (χ0n) is 18.5. The second-order valence-corrected chi connectivity index (χ2v) is 7.50. The number of amides is 1. The lowest BCUT2D eigenvalue weighted by molar-refractivity contribution is -0.116. The van der Waals surface area contributed by atoms with E-state index in [9.17, 15) is 4.79 Å². The third kappa shape index (κ3) is 6.17. The van der Waals surface area contributed by atoms with Gasteiger partial charge in [0.15, 0.2) is 6.61 Å². The normalized spacial score (nSPS) is 10.7. The fourth-order valence-electron chi connectivity index (χ4n) is 3.41. The van der Waals surface area contributed by atoms with Crippen LogP contribution < -0.4 is 10.1 Å². The van der Waals surface area contributed by atoms with Crippen molar-refractivity contribution in [1.82, 2.24) is 20.1 Å². The molecule has 0 aliphatic carbocycles. The predicted molar refractivity (Wildman–Crippen MR) is 129 cm³/mol. The molecule has 0 aliphatic heterocycles. The highest BCUT2D eigenvalue weighted by Gasteiger charge is 2.10. The summed E-state index contributed by atoms with van der Waals surface area (Å²) in [5, 5.41) is 16.3. The summed E-state index contributed by atoms with van der Waals surface area (Å²) < 4.78 is 7.17. The molecule has 4 aromatic rings. The van der Waals surface area contributed by atoms with Gasteiger partial charge in [-0.05, 0) is 41.5 Å². The predicted octanol–water partition coefficient (Wildman–Crippen LogP) is 4.23. The lowest BCUT2D eigenvalue weighted by Crippen LogP contribution is -2.20. The first-order valence-corrected chi connectivity index (χ1v) is 10.8. The van der Waals surface area contributed by atoms with Gasteiger partial charge in [-0.15, -0.1) is 0 Å². The van der Waals surface area contributed by atoms with Crippen molar-refractivity contribution in [2.45, 2.75) is 13.1 Å². The monoisotopic (exact) mass is 449 g/mol. The molecule has 0 saturated carbocycles. The molecule has 168 valence electrons. The minimum Gasteiger partial charge on any atom is -0.479 e. The van der Waals surface area contributed by atoms with Crippen LogP contribution in [0.25, 0.3) is 17.3 Å². The van der Waals surface area contributed by atoms with E-state index in [2.05, 4.69) is 22.4 Å². The number of hydrogen-bond acceptors (Lipinski definition) is 5. The molecule has 2 aromatic heterocycles. The van der Waals surface area contributed by atoms with Crippen molar-refractivity contribution in [3.05, 3.63) is 108 Å². The van der Waals surface area contributed by atoms with Crippen molar-refractivity contribution >= 4 is 12.0 Å². The van der Waals surface area contributed by atoms with E-state index in [1.165, 1.54) is 6.08 Å². The molecule has 0 bridgehead atoms. The van der Waals surface area contributed by atoms with Crippen LogP contribution in [0.4, 0.5) is 0 Å². The maximum Gasteiger partial charge on any atom is 0.244 e. The summed E-state index contributed by atoms with van der Waals surface area (Å²) in [6.07, 6.45) is 8.66. The van der Waals surface area contributed by atoms with Gasteiger partial charge in [0.1, 0.15) is 17.5 Å². The minimum absolute atomic E-state index is 0.0181. The van der Waals surface area contributed by atoms with E-state index in [-0.39, 0.29) is 12.5 Å². The maximum absolute atomic E-state index is 12.5. The Morgan fingerprint density at radius 1 is 1.09 bits per heavy atom. The van der Waals surface area contributed by atoms with E-state index in [1.54, 1.807) is 30.6 Å². The van der Waals surface area contributed by atoms with E-state index >= 15 is 0 Å². The van der Waals surface area contributed by atoms with Crippen LogP contribution in [0.3, 0.4) is 0 Å². The van der Waals surface area contributed by atoms with E-state index < -0.39 is 0 Å². The molecule has 0 aliphatic rings. The van der Waals surface area contributed by atoms with Gasteiger partial charge in [0.05, 0.1) is 6.54 Å². The van der Waals surface area contributed by atoms with E-state index in [0.29, 0.717) is 18.8 Å². The molecular weight excluding hydrogens is 426 g/mol. The number of carbonyl (C=O) groups excluding carboxylic acids is 1. The van der Waals surface area contributed by atoms with E-state index in [1.807, 2.05) is 59.4 Å². The molecule has 0 spiro atoms. The Kier molecular flexibility index (Phi) is 7.44. The Morgan fingerprint density at radius 3 is 2.74 bits per heavy atom. The summed E-state index contributed by atoms with van der Waals surface area (Å²) in [5.41, 5.74) is 4.48. The van der Waals surface area contributed by atoms with Crippen molar-refractivity contribution in [2.75, 3.05) is 6.61 Å². The van der Waals surface area contributed by atoms with Crippen molar-refractivity contribution < 1.29 is 9.53 Å². The van der Waals surface area contributed by atoms with Gasteiger partial charge in [0, 0.05) is 42.3 Å². The number of pyridine rings is 1. The highest BCUT2D eigenvalue weighted by Crippen LogP contribution is 2.23. The number of hydrogen-bond donors (Lipinski definition) is 1. The molecule has 7 nitrogen and oxygen atoms in total. The van der Waals surface area contributed by atoms with Gasteiger partial charge in [-0.3, -0.25) is 14.5 Å². The third-order valence-corrected chi connectivity index (χ3v) is 5.00. The van der Waals surface area contributed by atoms with Gasteiger partial charge >= 0.3 is 0 Å². The molecule has 2 heterocycles. The van der Waals surface area contributed by atoms with Crippen molar-refractivity contribution in [3.63, 3.8) is 0 Å². The van der Waals surface area contributed by atoms with E-state index in [0.717, 1.165) is 27.9 Å².